The third kappa shape index (κ3) is 2.33. The average Bonchev–Trinajstić information content (AvgIpc) is 2.42. The Kier molecular flexibility index (Phi) is 3.77. The Labute approximate surface area is 95.9 Å². The minimum atomic E-state index is 0.192. The highest BCUT2D eigenvalue weighted by Crippen LogP contribution is 2.30. The van der Waals surface area contributed by atoms with E-state index in [0.717, 1.165) is 0 Å². The summed E-state index contributed by atoms with van der Waals surface area (Å²) < 4.78 is 1.95. The van der Waals surface area contributed by atoms with Gasteiger partial charge in [0.2, 0.25) is 0 Å². The highest BCUT2D eigenvalue weighted by molar-refractivity contribution is 7.09. The lowest BCUT2D eigenvalue weighted by Gasteiger charge is -2.16. The molecule has 0 aliphatic rings. The second-order valence-electron chi connectivity index (χ2n) is 4.89. The predicted molar refractivity (Wildman–Crippen MR) is 67.1 cm³/mol. The predicted octanol–water partition coefficient (Wildman–Crippen LogP) is 3.74. The van der Waals surface area contributed by atoms with Crippen LogP contribution in [0.2, 0.25) is 0 Å². The maximum Gasteiger partial charge on any atom is 0.307 e. The van der Waals surface area contributed by atoms with Gasteiger partial charge in [0.1, 0.15) is 0 Å². The molecule has 1 rings (SSSR count). The molecule has 1 aromatic heterocycles. The lowest BCUT2D eigenvalue weighted by atomic mass is 10.0. The highest BCUT2D eigenvalue weighted by Gasteiger charge is 2.20. The van der Waals surface area contributed by atoms with E-state index in [-0.39, 0.29) is 10.9 Å². The van der Waals surface area contributed by atoms with Crippen LogP contribution in [0.4, 0.5) is 0 Å². The van der Waals surface area contributed by atoms with Gasteiger partial charge >= 0.3 is 4.87 Å². The van der Waals surface area contributed by atoms with Crippen molar-refractivity contribution in [2.24, 2.45) is 0 Å². The van der Waals surface area contributed by atoms with Gasteiger partial charge in [0.15, 0.2) is 0 Å². The van der Waals surface area contributed by atoms with Crippen molar-refractivity contribution in [2.45, 2.75) is 59.4 Å². The minimum absolute atomic E-state index is 0.192. The van der Waals surface area contributed by atoms with E-state index in [1.165, 1.54) is 21.9 Å². The van der Waals surface area contributed by atoms with Gasteiger partial charge in [-0.15, -0.1) is 0 Å². The van der Waals surface area contributed by atoms with Crippen molar-refractivity contribution < 1.29 is 0 Å². The van der Waals surface area contributed by atoms with E-state index in [4.69, 9.17) is 0 Å². The minimum Gasteiger partial charge on any atom is -0.300 e. The van der Waals surface area contributed by atoms with Crippen molar-refractivity contribution in [3.8, 4) is 0 Å². The van der Waals surface area contributed by atoms with Crippen LogP contribution >= 0.6 is 11.3 Å². The molecule has 0 saturated heterocycles. The molecule has 0 aromatic carbocycles. The number of aromatic nitrogens is 1. The van der Waals surface area contributed by atoms with E-state index < -0.39 is 0 Å². The van der Waals surface area contributed by atoms with Crippen molar-refractivity contribution in [1.29, 1.82) is 0 Å². The van der Waals surface area contributed by atoms with Gasteiger partial charge in [-0.3, -0.25) is 4.79 Å². The van der Waals surface area contributed by atoms with Crippen LogP contribution in [0, 0.1) is 0 Å². The van der Waals surface area contributed by atoms with E-state index in [2.05, 4.69) is 41.5 Å². The molecule has 0 atom stereocenters. The number of nitrogens with zero attached hydrogens (tertiary/aromatic N) is 1. The van der Waals surface area contributed by atoms with Gasteiger partial charge in [-0.05, 0) is 25.7 Å². The van der Waals surface area contributed by atoms with Crippen LogP contribution in [0.15, 0.2) is 4.79 Å². The molecule has 0 fully saturated rings. The smallest absolute Gasteiger partial charge is 0.300 e. The summed E-state index contributed by atoms with van der Waals surface area (Å²) in [6, 6.07) is 0.263. The van der Waals surface area contributed by atoms with Crippen LogP contribution in [0.25, 0.3) is 0 Å². The first-order valence-corrected chi connectivity index (χ1v) is 6.43. The molecule has 0 N–H and O–H groups in total. The van der Waals surface area contributed by atoms with Crippen molar-refractivity contribution in [1.82, 2.24) is 4.57 Å². The second-order valence-corrected chi connectivity index (χ2v) is 5.88. The normalized spacial score (nSPS) is 12.1. The first kappa shape index (κ1) is 12.5. The summed E-state index contributed by atoms with van der Waals surface area (Å²) in [4.78, 5) is 13.3. The van der Waals surface area contributed by atoms with Gasteiger partial charge in [-0.2, -0.15) is 0 Å². The molecule has 0 aliphatic carbocycles. The summed E-state index contributed by atoms with van der Waals surface area (Å²) in [5.41, 5.74) is 1.23. The summed E-state index contributed by atoms with van der Waals surface area (Å²) in [5, 5.41) is 0. The Balaban J connectivity index is 3.45. The molecule has 3 heteroatoms. The van der Waals surface area contributed by atoms with Gasteiger partial charge < -0.3 is 4.57 Å². The monoisotopic (exact) mass is 227 g/mol. The first-order chi connectivity index (χ1) is 6.86. The van der Waals surface area contributed by atoms with Crippen molar-refractivity contribution in [3.63, 3.8) is 0 Å². The van der Waals surface area contributed by atoms with Crippen LogP contribution < -0.4 is 4.87 Å². The molecule has 1 aromatic rings. The third-order valence-corrected chi connectivity index (χ3v) is 3.77. The van der Waals surface area contributed by atoms with E-state index in [1.54, 1.807) is 0 Å². The highest BCUT2D eigenvalue weighted by atomic mass is 32.1. The Morgan fingerprint density at radius 3 is 1.87 bits per heavy atom. The maximum absolute atomic E-state index is 11.9. The zero-order chi connectivity index (χ0) is 11.7. The third-order valence-electron chi connectivity index (χ3n) is 2.49. The van der Waals surface area contributed by atoms with E-state index in [9.17, 15) is 4.79 Å². The fraction of sp³-hybridized carbons (Fsp3) is 0.750. The van der Waals surface area contributed by atoms with Crippen molar-refractivity contribution in [3.05, 3.63) is 20.2 Å². The molecular weight excluding hydrogens is 206 g/mol. The van der Waals surface area contributed by atoms with Crippen LogP contribution in [0.1, 0.15) is 70.0 Å². The molecule has 1 heterocycles. The largest absolute Gasteiger partial charge is 0.307 e. The second kappa shape index (κ2) is 4.52. The molecule has 0 spiro atoms. The SMILES string of the molecule is CC(C)c1sc(=O)n(C(C)C)c1C(C)C. The summed E-state index contributed by atoms with van der Waals surface area (Å²) in [6.07, 6.45) is 0. The van der Waals surface area contributed by atoms with E-state index >= 15 is 0 Å². The van der Waals surface area contributed by atoms with Gasteiger partial charge in [-0.1, -0.05) is 39.0 Å². The standard InChI is InChI=1S/C12H21NOS/c1-7(2)10-11(8(3)4)15-12(14)13(10)9(5)6/h7-9H,1-6H3. The summed E-state index contributed by atoms with van der Waals surface area (Å²) >= 11 is 1.41. The fourth-order valence-corrected chi connectivity index (χ4v) is 3.15. The fourth-order valence-electron chi connectivity index (χ4n) is 1.88. The zero-order valence-electron chi connectivity index (χ0n) is 10.5. The lowest BCUT2D eigenvalue weighted by molar-refractivity contribution is 0.542. The topological polar surface area (TPSA) is 22.0 Å². The number of hydrogen-bond donors (Lipinski definition) is 0. The molecule has 0 radical (unpaired) electrons. The van der Waals surface area contributed by atoms with Gasteiger partial charge in [-0.25, -0.2) is 0 Å². The van der Waals surface area contributed by atoms with Crippen LogP contribution in [-0.2, 0) is 0 Å². The molecule has 0 saturated carbocycles. The quantitative estimate of drug-likeness (QED) is 0.771. The summed E-state index contributed by atoms with van der Waals surface area (Å²) in [7, 11) is 0. The number of hydrogen-bond acceptors (Lipinski definition) is 2. The van der Waals surface area contributed by atoms with Crippen LogP contribution in [0.3, 0.4) is 0 Å². The maximum atomic E-state index is 11.9. The Bertz CT molecular complexity index is 385. The van der Waals surface area contributed by atoms with Crippen LogP contribution in [0.5, 0.6) is 0 Å². The van der Waals surface area contributed by atoms with Gasteiger partial charge in [0, 0.05) is 16.6 Å². The molecule has 86 valence electrons. The average molecular weight is 227 g/mol. The van der Waals surface area contributed by atoms with Gasteiger partial charge in [0.25, 0.3) is 0 Å². The molecule has 2 nitrogen and oxygen atoms in total. The summed E-state index contributed by atoms with van der Waals surface area (Å²) in [5.74, 6) is 0.865. The molecular formula is C12H21NOS. The van der Waals surface area contributed by atoms with Crippen LogP contribution in [-0.4, -0.2) is 4.57 Å². The van der Waals surface area contributed by atoms with Gasteiger partial charge in [0.05, 0.1) is 0 Å². The first-order valence-electron chi connectivity index (χ1n) is 5.61. The Morgan fingerprint density at radius 1 is 1.00 bits per heavy atom. The van der Waals surface area contributed by atoms with E-state index in [1.807, 2.05) is 4.57 Å². The molecule has 0 amide bonds. The molecule has 15 heavy (non-hydrogen) atoms. The Hall–Kier alpha value is -0.570. The molecule has 0 bridgehead atoms. The number of rotatable bonds is 3. The van der Waals surface area contributed by atoms with E-state index in [0.29, 0.717) is 11.8 Å². The molecule has 0 aliphatic heterocycles. The zero-order valence-corrected chi connectivity index (χ0v) is 11.3. The molecule has 0 unspecified atom stereocenters. The van der Waals surface area contributed by atoms with Crippen molar-refractivity contribution >= 4 is 11.3 Å². The van der Waals surface area contributed by atoms with Crippen molar-refractivity contribution in [2.75, 3.05) is 0 Å². The number of thiazole rings is 1. The Morgan fingerprint density at radius 2 is 1.53 bits per heavy atom. The lowest BCUT2D eigenvalue weighted by Crippen LogP contribution is -2.19. The summed E-state index contributed by atoms with van der Waals surface area (Å²) in [6.45, 7) is 12.8.